The molecule has 3 aromatic carbocycles. The lowest BCUT2D eigenvalue weighted by Gasteiger charge is -2.15. The van der Waals surface area contributed by atoms with Crippen LogP contribution in [0.4, 0.5) is 0 Å². The molecule has 5 heteroatoms. The number of hydrogen-bond donors (Lipinski definition) is 1. The molecule has 0 bridgehead atoms. The first-order chi connectivity index (χ1) is 13.2. The second kappa shape index (κ2) is 9.07. The average molecular weight is 379 g/mol. The first kappa shape index (κ1) is 18.8. The molecule has 1 amide bonds. The number of benzene rings is 3. The van der Waals surface area contributed by atoms with E-state index in [1.165, 1.54) is 0 Å². The molecule has 0 aliphatic heterocycles. The van der Waals surface area contributed by atoms with E-state index >= 15 is 0 Å². The van der Waals surface area contributed by atoms with Crippen molar-refractivity contribution in [1.82, 2.24) is 5.32 Å². The molecule has 0 saturated carbocycles. The monoisotopic (exact) mass is 378 g/mol. The Morgan fingerprint density at radius 2 is 1.85 bits per heavy atom. The van der Waals surface area contributed by atoms with Gasteiger partial charge in [0.25, 0.3) is 0 Å². The van der Waals surface area contributed by atoms with Crippen molar-refractivity contribution in [1.29, 1.82) is 5.26 Å². The third kappa shape index (κ3) is 4.78. The minimum Gasteiger partial charge on any atom is -0.489 e. The van der Waals surface area contributed by atoms with Gasteiger partial charge in [-0.25, -0.2) is 0 Å². The summed E-state index contributed by atoms with van der Waals surface area (Å²) in [5.74, 6) is 0.499. The van der Waals surface area contributed by atoms with Crippen LogP contribution in [0.3, 0.4) is 0 Å². The van der Waals surface area contributed by atoms with Crippen LogP contribution < -0.4 is 10.1 Å². The van der Waals surface area contributed by atoms with Crippen molar-refractivity contribution >= 4 is 28.3 Å². The van der Waals surface area contributed by atoms with E-state index in [-0.39, 0.29) is 12.3 Å². The van der Waals surface area contributed by atoms with Crippen LogP contribution in [0.1, 0.15) is 17.5 Å². The van der Waals surface area contributed by atoms with Gasteiger partial charge in [0.2, 0.25) is 5.91 Å². The lowest BCUT2D eigenvalue weighted by atomic mass is 10.0. The SMILES string of the molecule is N#CCC(=O)NCCc1c(OCc2ccccc2Cl)ccc2ccccc12. The van der Waals surface area contributed by atoms with Crippen molar-refractivity contribution in [3.63, 3.8) is 0 Å². The highest BCUT2D eigenvalue weighted by Gasteiger charge is 2.11. The number of nitrogens with one attached hydrogen (secondary N) is 1. The zero-order valence-corrected chi connectivity index (χ0v) is 15.5. The topological polar surface area (TPSA) is 62.1 Å². The molecule has 1 N–H and O–H groups in total. The van der Waals surface area contributed by atoms with Gasteiger partial charge in [0.05, 0.1) is 6.07 Å². The minimum atomic E-state index is -0.267. The van der Waals surface area contributed by atoms with Crippen LogP contribution in [0.15, 0.2) is 60.7 Å². The summed E-state index contributed by atoms with van der Waals surface area (Å²) >= 11 is 6.22. The molecule has 0 spiro atoms. The van der Waals surface area contributed by atoms with Gasteiger partial charge in [-0.1, -0.05) is 60.1 Å². The molecule has 0 atom stereocenters. The molecule has 4 nitrogen and oxygen atoms in total. The summed E-state index contributed by atoms with van der Waals surface area (Å²) in [6, 6.07) is 21.5. The molecule has 0 aliphatic rings. The van der Waals surface area contributed by atoms with Crippen molar-refractivity contribution in [3.8, 4) is 11.8 Å². The Bertz CT molecular complexity index is 995. The minimum absolute atomic E-state index is 0.134. The summed E-state index contributed by atoms with van der Waals surface area (Å²) in [6.45, 7) is 0.808. The van der Waals surface area contributed by atoms with Crippen molar-refractivity contribution in [2.24, 2.45) is 0 Å². The predicted molar refractivity (Wildman–Crippen MR) is 107 cm³/mol. The number of nitriles is 1. The first-order valence-corrected chi connectivity index (χ1v) is 9.07. The average Bonchev–Trinajstić information content (AvgIpc) is 2.68. The Kier molecular flexibility index (Phi) is 6.30. The van der Waals surface area contributed by atoms with Crippen LogP contribution in [-0.4, -0.2) is 12.5 Å². The third-order valence-electron chi connectivity index (χ3n) is 4.28. The van der Waals surface area contributed by atoms with Gasteiger partial charge < -0.3 is 10.1 Å². The molecule has 27 heavy (non-hydrogen) atoms. The molecule has 0 radical (unpaired) electrons. The zero-order chi connectivity index (χ0) is 19.1. The number of carbonyl (C=O) groups excluding carboxylic acids is 1. The van der Waals surface area contributed by atoms with Crippen LogP contribution in [0, 0.1) is 11.3 Å². The van der Waals surface area contributed by atoms with E-state index in [9.17, 15) is 4.79 Å². The zero-order valence-electron chi connectivity index (χ0n) is 14.7. The molecule has 0 unspecified atom stereocenters. The Morgan fingerprint density at radius 3 is 2.67 bits per heavy atom. The first-order valence-electron chi connectivity index (χ1n) is 8.69. The number of carbonyl (C=O) groups is 1. The van der Waals surface area contributed by atoms with Crippen LogP contribution in [0.2, 0.25) is 5.02 Å². The van der Waals surface area contributed by atoms with E-state index < -0.39 is 0 Å². The van der Waals surface area contributed by atoms with Gasteiger partial charge in [0, 0.05) is 22.7 Å². The third-order valence-corrected chi connectivity index (χ3v) is 4.64. The maximum absolute atomic E-state index is 11.6. The number of halogens is 1. The molecular formula is C22H19ClN2O2. The van der Waals surface area contributed by atoms with Crippen molar-refractivity contribution < 1.29 is 9.53 Å². The fraction of sp³-hybridized carbons (Fsp3) is 0.182. The van der Waals surface area contributed by atoms with Gasteiger partial charge in [0.15, 0.2) is 0 Å². The highest BCUT2D eigenvalue weighted by Crippen LogP contribution is 2.29. The normalized spacial score (nSPS) is 10.4. The highest BCUT2D eigenvalue weighted by molar-refractivity contribution is 6.31. The molecular weight excluding hydrogens is 360 g/mol. The predicted octanol–water partition coefficient (Wildman–Crippen LogP) is 4.64. The van der Waals surface area contributed by atoms with Crippen molar-refractivity contribution in [2.75, 3.05) is 6.54 Å². The van der Waals surface area contributed by atoms with Crippen LogP contribution >= 0.6 is 11.6 Å². The Morgan fingerprint density at radius 1 is 1.07 bits per heavy atom. The van der Waals surface area contributed by atoms with Crippen LogP contribution in [-0.2, 0) is 17.8 Å². The second-order valence-electron chi connectivity index (χ2n) is 6.08. The fourth-order valence-electron chi connectivity index (χ4n) is 2.94. The van der Waals surface area contributed by atoms with Crippen LogP contribution in [0.5, 0.6) is 5.75 Å². The van der Waals surface area contributed by atoms with E-state index in [1.54, 1.807) is 0 Å². The molecule has 0 aliphatic carbocycles. The van der Waals surface area contributed by atoms with Gasteiger partial charge in [-0.3, -0.25) is 4.79 Å². The van der Waals surface area contributed by atoms with E-state index in [1.807, 2.05) is 66.7 Å². The molecule has 0 saturated heterocycles. The standard InChI is InChI=1S/C22H19ClN2O2/c23-20-8-4-2-6-17(20)15-27-21-10-9-16-5-1-3-7-18(16)19(21)12-14-25-22(26)11-13-24/h1-10H,11-12,14-15H2,(H,25,26). The molecule has 136 valence electrons. The summed E-state index contributed by atoms with van der Waals surface area (Å²) in [7, 11) is 0. The maximum atomic E-state index is 11.6. The molecule has 3 rings (SSSR count). The van der Waals surface area contributed by atoms with E-state index in [0.717, 1.165) is 27.6 Å². The molecule has 0 aromatic heterocycles. The summed E-state index contributed by atoms with van der Waals surface area (Å²) in [5, 5.41) is 14.2. The molecule has 0 fully saturated rings. The lowest BCUT2D eigenvalue weighted by molar-refractivity contribution is -0.120. The largest absolute Gasteiger partial charge is 0.489 e. The fourth-order valence-corrected chi connectivity index (χ4v) is 3.13. The van der Waals surface area contributed by atoms with Gasteiger partial charge in [-0.2, -0.15) is 5.26 Å². The molecule has 3 aromatic rings. The van der Waals surface area contributed by atoms with Crippen molar-refractivity contribution in [3.05, 3.63) is 76.8 Å². The van der Waals surface area contributed by atoms with Crippen LogP contribution in [0.25, 0.3) is 10.8 Å². The summed E-state index contributed by atoms with van der Waals surface area (Å²) in [4.78, 5) is 11.6. The lowest BCUT2D eigenvalue weighted by Crippen LogP contribution is -2.25. The number of amides is 1. The number of rotatable bonds is 7. The van der Waals surface area contributed by atoms with E-state index in [0.29, 0.717) is 24.6 Å². The Hall–Kier alpha value is -3.03. The number of ether oxygens (including phenoxy) is 1. The number of fused-ring (bicyclic) bond motifs is 1. The quantitative estimate of drug-likeness (QED) is 0.651. The summed E-state index contributed by atoms with van der Waals surface area (Å²) in [5.41, 5.74) is 1.94. The van der Waals surface area contributed by atoms with Crippen molar-refractivity contribution in [2.45, 2.75) is 19.4 Å². The van der Waals surface area contributed by atoms with E-state index in [2.05, 4.69) is 5.32 Å². The Balaban J connectivity index is 1.82. The van der Waals surface area contributed by atoms with Gasteiger partial charge in [-0.05, 0) is 29.3 Å². The molecule has 0 heterocycles. The van der Waals surface area contributed by atoms with Gasteiger partial charge >= 0.3 is 0 Å². The summed E-state index contributed by atoms with van der Waals surface area (Å²) < 4.78 is 6.07. The highest BCUT2D eigenvalue weighted by atomic mass is 35.5. The second-order valence-corrected chi connectivity index (χ2v) is 6.49. The number of hydrogen-bond acceptors (Lipinski definition) is 3. The summed E-state index contributed by atoms with van der Waals surface area (Å²) in [6.07, 6.45) is 0.474. The Labute approximate surface area is 163 Å². The maximum Gasteiger partial charge on any atom is 0.234 e. The van der Waals surface area contributed by atoms with Gasteiger partial charge in [0.1, 0.15) is 18.8 Å². The van der Waals surface area contributed by atoms with E-state index in [4.69, 9.17) is 21.6 Å². The smallest absolute Gasteiger partial charge is 0.234 e. The number of nitrogens with zero attached hydrogens (tertiary/aromatic N) is 1. The van der Waals surface area contributed by atoms with Gasteiger partial charge in [-0.15, -0.1) is 0 Å².